The molecule has 0 aromatic heterocycles. The van der Waals surface area contributed by atoms with Crippen molar-refractivity contribution in [2.75, 3.05) is 16.8 Å². The second kappa shape index (κ2) is 7.82. The maximum atomic E-state index is 12.7. The van der Waals surface area contributed by atoms with Gasteiger partial charge in [0.25, 0.3) is 0 Å². The van der Waals surface area contributed by atoms with Gasteiger partial charge in [-0.3, -0.25) is 9.59 Å². The van der Waals surface area contributed by atoms with E-state index in [1.165, 1.54) is 19.1 Å². The van der Waals surface area contributed by atoms with Crippen LogP contribution in [0.5, 0.6) is 0 Å². The number of nitrogens with one attached hydrogen (secondary N) is 1. The normalized spacial score (nSPS) is 11.2. The maximum absolute atomic E-state index is 12.7. The molecule has 0 spiro atoms. The summed E-state index contributed by atoms with van der Waals surface area (Å²) in [5, 5.41) is 2.78. The van der Waals surface area contributed by atoms with E-state index in [0.717, 1.165) is 33.7 Å². The van der Waals surface area contributed by atoms with Gasteiger partial charge in [-0.1, -0.05) is 17.7 Å². The highest BCUT2D eigenvalue weighted by Crippen LogP contribution is 2.30. The van der Waals surface area contributed by atoms with Gasteiger partial charge in [0.15, 0.2) is 0 Å². The van der Waals surface area contributed by atoms with Crippen LogP contribution in [-0.4, -0.2) is 18.4 Å². The van der Waals surface area contributed by atoms with Crippen molar-refractivity contribution >= 4 is 23.2 Å². The zero-order valence-corrected chi connectivity index (χ0v) is 15.6. The Balaban J connectivity index is 2.19. The van der Waals surface area contributed by atoms with Gasteiger partial charge in [0.05, 0.1) is 5.56 Å². The number of hydrogen-bond acceptors (Lipinski definition) is 2. The van der Waals surface area contributed by atoms with E-state index in [1.807, 2.05) is 32.9 Å². The molecule has 0 unspecified atom stereocenters. The van der Waals surface area contributed by atoms with E-state index in [0.29, 0.717) is 5.69 Å². The summed E-state index contributed by atoms with van der Waals surface area (Å²) in [6, 6.07) is 8.00. The predicted octanol–water partition coefficient (Wildman–Crippen LogP) is 4.62. The Labute approximate surface area is 156 Å². The lowest BCUT2D eigenvalue weighted by Crippen LogP contribution is -2.37. The standard InChI is InChI=1S/C20H21F3N2O2/c1-12-9-13(2)19(14(3)10-12)24-18(27)11-25(15(4)26)17-7-5-16(6-8-17)20(21,22)23/h5-10H,11H2,1-4H3,(H,24,27). The number of carbonyl (C=O) groups is 2. The van der Waals surface area contributed by atoms with Crippen molar-refractivity contribution in [3.05, 3.63) is 58.7 Å². The Morgan fingerprint density at radius 2 is 1.52 bits per heavy atom. The Bertz CT molecular complexity index is 836. The number of amides is 2. The lowest BCUT2D eigenvalue weighted by atomic mass is 10.1. The molecular formula is C20H21F3N2O2. The number of nitrogens with zero attached hydrogens (tertiary/aromatic N) is 1. The Morgan fingerprint density at radius 3 is 1.96 bits per heavy atom. The van der Waals surface area contributed by atoms with Gasteiger partial charge in [-0.2, -0.15) is 13.2 Å². The first-order chi connectivity index (χ1) is 12.5. The Hall–Kier alpha value is -2.83. The topological polar surface area (TPSA) is 49.4 Å². The second-order valence-corrected chi connectivity index (χ2v) is 6.47. The number of anilines is 2. The zero-order chi connectivity index (χ0) is 20.4. The van der Waals surface area contributed by atoms with Crippen molar-refractivity contribution in [1.29, 1.82) is 0 Å². The lowest BCUT2D eigenvalue weighted by molar-refractivity contribution is -0.137. The van der Waals surface area contributed by atoms with Crippen molar-refractivity contribution in [2.24, 2.45) is 0 Å². The number of halogens is 3. The third-order valence-electron chi connectivity index (χ3n) is 4.13. The summed E-state index contributed by atoms with van der Waals surface area (Å²) in [6.45, 7) is 6.65. The molecule has 0 fully saturated rings. The van der Waals surface area contributed by atoms with Crippen LogP contribution >= 0.6 is 0 Å². The molecule has 0 atom stereocenters. The molecular weight excluding hydrogens is 357 g/mol. The molecule has 0 aliphatic rings. The van der Waals surface area contributed by atoms with Crippen LogP contribution in [0.25, 0.3) is 0 Å². The van der Waals surface area contributed by atoms with Gasteiger partial charge in [0.2, 0.25) is 11.8 Å². The minimum Gasteiger partial charge on any atom is -0.324 e. The largest absolute Gasteiger partial charge is 0.416 e. The van der Waals surface area contributed by atoms with Crippen LogP contribution in [0.3, 0.4) is 0 Å². The molecule has 2 aromatic carbocycles. The van der Waals surface area contributed by atoms with Crippen LogP contribution in [0.4, 0.5) is 24.5 Å². The molecule has 7 heteroatoms. The molecule has 0 heterocycles. The summed E-state index contributed by atoms with van der Waals surface area (Å²) in [4.78, 5) is 25.5. The fraction of sp³-hybridized carbons (Fsp3) is 0.300. The van der Waals surface area contributed by atoms with Gasteiger partial charge in [-0.05, 0) is 56.2 Å². The van der Waals surface area contributed by atoms with E-state index in [9.17, 15) is 22.8 Å². The third kappa shape index (κ3) is 5.09. The van der Waals surface area contributed by atoms with Crippen molar-refractivity contribution in [2.45, 2.75) is 33.9 Å². The number of benzene rings is 2. The summed E-state index contributed by atoms with van der Waals surface area (Å²) in [6.07, 6.45) is -4.46. The molecule has 27 heavy (non-hydrogen) atoms. The van der Waals surface area contributed by atoms with Crippen LogP contribution in [0.15, 0.2) is 36.4 Å². The highest BCUT2D eigenvalue weighted by molar-refractivity contribution is 6.02. The molecule has 0 aliphatic carbocycles. The minimum atomic E-state index is -4.46. The number of carbonyl (C=O) groups excluding carboxylic acids is 2. The number of aryl methyl sites for hydroxylation is 3. The summed E-state index contributed by atoms with van der Waals surface area (Å²) in [5.41, 5.74) is 2.93. The van der Waals surface area contributed by atoms with Crippen molar-refractivity contribution in [3.63, 3.8) is 0 Å². The number of alkyl halides is 3. The molecule has 2 aromatic rings. The molecule has 2 amide bonds. The van der Waals surface area contributed by atoms with Crippen LogP contribution in [-0.2, 0) is 15.8 Å². The van der Waals surface area contributed by atoms with E-state index in [1.54, 1.807) is 0 Å². The monoisotopic (exact) mass is 378 g/mol. The molecule has 0 saturated carbocycles. The van der Waals surface area contributed by atoms with Crippen LogP contribution in [0, 0.1) is 20.8 Å². The quantitative estimate of drug-likeness (QED) is 0.844. The first-order valence-electron chi connectivity index (χ1n) is 8.32. The minimum absolute atomic E-state index is 0.225. The van der Waals surface area contributed by atoms with Crippen molar-refractivity contribution in [1.82, 2.24) is 0 Å². The van der Waals surface area contributed by atoms with Crippen LogP contribution < -0.4 is 10.2 Å². The summed E-state index contributed by atoms with van der Waals surface area (Å²) in [7, 11) is 0. The summed E-state index contributed by atoms with van der Waals surface area (Å²) < 4.78 is 38.1. The first-order valence-corrected chi connectivity index (χ1v) is 8.32. The van der Waals surface area contributed by atoms with Crippen LogP contribution in [0.2, 0.25) is 0 Å². The zero-order valence-electron chi connectivity index (χ0n) is 15.6. The maximum Gasteiger partial charge on any atom is 0.416 e. The van der Waals surface area contributed by atoms with Crippen molar-refractivity contribution in [3.8, 4) is 0 Å². The van der Waals surface area contributed by atoms with E-state index < -0.39 is 23.6 Å². The molecule has 4 nitrogen and oxygen atoms in total. The summed E-state index contributed by atoms with van der Waals surface area (Å²) >= 11 is 0. The third-order valence-corrected chi connectivity index (χ3v) is 4.13. The SMILES string of the molecule is CC(=O)N(CC(=O)Nc1c(C)cc(C)cc1C)c1ccc(C(F)(F)F)cc1. The number of hydrogen-bond donors (Lipinski definition) is 1. The Morgan fingerprint density at radius 1 is 1.00 bits per heavy atom. The highest BCUT2D eigenvalue weighted by Gasteiger charge is 2.30. The van der Waals surface area contributed by atoms with E-state index in [-0.39, 0.29) is 12.2 Å². The van der Waals surface area contributed by atoms with E-state index in [4.69, 9.17) is 0 Å². The molecule has 1 N–H and O–H groups in total. The molecule has 144 valence electrons. The highest BCUT2D eigenvalue weighted by atomic mass is 19.4. The fourth-order valence-electron chi connectivity index (χ4n) is 2.91. The summed E-state index contributed by atoms with van der Waals surface area (Å²) in [5.74, 6) is -0.873. The van der Waals surface area contributed by atoms with Gasteiger partial charge in [0, 0.05) is 18.3 Å². The van der Waals surface area contributed by atoms with Gasteiger partial charge in [-0.25, -0.2) is 0 Å². The molecule has 2 rings (SSSR count). The molecule has 0 radical (unpaired) electrons. The fourth-order valence-corrected chi connectivity index (χ4v) is 2.91. The second-order valence-electron chi connectivity index (χ2n) is 6.47. The van der Waals surface area contributed by atoms with Crippen molar-refractivity contribution < 1.29 is 22.8 Å². The number of rotatable bonds is 4. The van der Waals surface area contributed by atoms with E-state index >= 15 is 0 Å². The Kier molecular flexibility index (Phi) is 5.93. The van der Waals surface area contributed by atoms with Gasteiger partial charge >= 0.3 is 6.18 Å². The predicted molar refractivity (Wildman–Crippen MR) is 98.8 cm³/mol. The van der Waals surface area contributed by atoms with E-state index in [2.05, 4.69) is 5.32 Å². The first kappa shape index (κ1) is 20.5. The van der Waals surface area contributed by atoms with Crippen LogP contribution in [0.1, 0.15) is 29.2 Å². The smallest absolute Gasteiger partial charge is 0.324 e. The molecule has 0 bridgehead atoms. The van der Waals surface area contributed by atoms with Gasteiger partial charge in [0.1, 0.15) is 6.54 Å². The van der Waals surface area contributed by atoms with Gasteiger partial charge < -0.3 is 10.2 Å². The molecule has 0 saturated heterocycles. The van der Waals surface area contributed by atoms with Gasteiger partial charge in [-0.15, -0.1) is 0 Å². The average Bonchev–Trinajstić information content (AvgIpc) is 2.55. The average molecular weight is 378 g/mol. The lowest BCUT2D eigenvalue weighted by Gasteiger charge is -2.22. The molecule has 0 aliphatic heterocycles.